The van der Waals surface area contributed by atoms with Crippen LogP contribution < -0.4 is 10.1 Å². The summed E-state index contributed by atoms with van der Waals surface area (Å²) >= 11 is 0. The van der Waals surface area contributed by atoms with Crippen LogP contribution in [-0.2, 0) is 14.3 Å². The van der Waals surface area contributed by atoms with E-state index < -0.39 is 34.4 Å². The molecule has 2 N–H and O–H groups in total. The highest BCUT2D eigenvalue weighted by molar-refractivity contribution is 5.95. The van der Waals surface area contributed by atoms with Gasteiger partial charge in [0, 0.05) is 12.1 Å². The Balaban J connectivity index is 1.40. The Morgan fingerprint density at radius 1 is 1.28 bits per heavy atom. The molecule has 5 rings (SSSR count). The first-order valence-electron chi connectivity index (χ1n) is 9.74. The quantitative estimate of drug-likeness (QED) is 0.423. The number of nitrogens with zero attached hydrogens (tertiary/aromatic N) is 1. The van der Waals surface area contributed by atoms with Gasteiger partial charge in [-0.2, -0.15) is 0 Å². The first-order chi connectivity index (χ1) is 13.7. The van der Waals surface area contributed by atoms with E-state index in [1.54, 1.807) is 0 Å². The van der Waals surface area contributed by atoms with Gasteiger partial charge in [-0.1, -0.05) is 0 Å². The van der Waals surface area contributed by atoms with Gasteiger partial charge in [0.05, 0.1) is 28.7 Å². The number of hydrogen-bond acceptors (Lipinski definition) is 7. The Labute approximate surface area is 167 Å². The van der Waals surface area contributed by atoms with Crippen LogP contribution in [0.15, 0.2) is 18.2 Å². The molecule has 0 radical (unpaired) electrons. The van der Waals surface area contributed by atoms with E-state index in [-0.39, 0.29) is 17.1 Å². The zero-order valence-corrected chi connectivity index (χ0v) is 16.2. The van der Waals surface area contributed by atoms with Crippen molar-refractivity contribution in [3.05, 3.63) is 28.3 Å². The molecule has 0 spiro atoms. The molecule has 9 heteroatoms. The molecular weight excluding hydrogens is 380 g/mol. The van der Waals surface area contributed by atoms with Gasteiger partial charge in [-0.05, 0) is 56.4 Å². The monoisotopic (exact) mass is 404 g/mol. The first-order valence-corrected chi connectivity index (χ1v) is 9.74. The van der Waals surface area contributed by atoms with Gasteiger partial charge in [0.15, 0.2) is 6.61 Å². The average Bonchev–Trinajstić information content (AvgIpc) is 2.64. The molecule has 0 aliphatic heterocycles. The van der Waals surface area contributed by atoms with Crippen molar-refractivity contribution in [2.75, 3.05) is 19.0 Å². The van der Waals surface area contributed by atoms with E-state index in [1.807, 2.05) is 0 Å². The van der Waals surface area contributed by atoms with E-state index in [9.17, 15) is 24.8 Å². The van der Waals surface area contributed by atoms with E-state index in [4.69, 9.17) is 9.47 Å². The fourth-order valence-electron chi connectivity index (χ4n) is 5.83. The van der Waals surface area contributed by atoms with Gasteiger partial charge in [0.2, 0.25) is 0 Å². The third-order valence-electron chi connectivity index (χ3n) is 6.47. The van der Waals surface area contributed by atoms with E-state index in [0.717, 1.165) is 19.3 Å². The summed E-state index contributed by atoms with van der Waals surface area (Å²) < 4.78 is 10.4. The van der Waals surface area contributed by atoms with Crippen LogP contribution in [0.1, 0.15) is 38.5 Å². The number of amides is 1. The minimum absolute atomic E-state index is 0.131. The highest BCUT2D eigenvalue weighted by Crippen LogP contribution is 2.61. The molecule has 0 saturated heterocycles. The van der Waals surface area contributed by atoms with E-state index >= 15 is 0 Å². The lowest BCUT2D eigenvalue weighted by Gasteiger charge is -2.58. The number of carbonyl (C=O) groups is 2. The third-order valence-corrected chi connectivity index (χ3v) is 6.47. The highest BCUT2D eigenvalue weighted by Gasteiger charge is 2.60. The largest absolute Gasteiger partial charge is 0.495 e. The summed E-state index contributed by atoms with van der Waals surface area (Å²) in [6.45, 7) is -0.500. The maximum atomic E-state index is 12.8. The number of ether oxygens (including phenoxy) is 2. The molecule has 0 aromatic heterocycles. The second-order valence-electron chi connectivity index (χ2n) is 8.73. The fourth-order valence-corrected chi connectivity index (χ4v) is 5.83. The second-order valence-corrected chi connectivity index (χ2v) is 8.73. The molecule has 4 aliphatic carbocycles. The van der Waals surface area contributed by atoms with Crippen molar-refractivity contribution in [2.24, 2.45) is 17.3 Å². The number of hydrogen-bond donors (Lipinski definition) is 2. The maximum absolute atomic E-state index is 12.8. The molecule has 4 fully saturated rings. The molecule has 1 aromatic rings. The van der Waals surface area contributed by atoms with Gasteiger partial charge < -0.3 is 19.9 Å². The molecule has 4 atom stereocenters. The summed E-state index contributed by atoms with van der Waals surface area (Å²) in [6, 6.07) is 3.84. The van der Waals surface area contributed by atoms with Crippen molar-refractivity contribution in [2.45, 2.75) is 44.1 Å². The van der Waals surface area contributed by atoms with E-state index in [2.05, 4.69) is 5.32 Å². The second kappa shape index (κ2) is 6.98. The lowest BCUT2D eigenvalue weighted by molar-refractivity contribution is -0.384. The lowest BCUT2D eigenvalue weighted by atomic mass is 9.48. The number of esters is 1. The zero-order valence-electron chi connectivity index (χ0n) is 16.2. The number of anilines is 1. The van der Waals surface area contributed by atoms with Gasteiger partial charge in [0.1, 0.15) is 5.75 Å². The predicted molar refractivity (Wildman–Crippen MR) is 101 cm³/mol. The fraction of sp³-hybridized carbons (Fsp3) is 0.600. The zero-order chi connectivity index (χ0) is 20.8. The van der Waals surface area contributed by atoms with Crippen molar-refractivity contribution in [3.8, 4) is 5.75 Å². The molecule has 2 unspecified atom stereocenters. The molecule has 156 valence electrons. The molecule has 4 bridgehead atoms. The van der Waals surface area contributed by atoms with Gasteiger partial charge in [0.25, 0.3) is 11.6 Å². The summed E-state index contributed by atoms with van der Waals surface area (Å²) in [4.78, 5) is 35.5. The van der Waals surface area contributed by atoms with Crippen LogP contribution in [0.5, 0.6) is 5.75 Å². The van der Waals surface area contributed by atoms with Crippen LogP contribution >= 0.6 is 0 Å². The number of aliphatic hydroxyl groups is 1. The molecule has 9 nitrogen and oxygen atoms in total. The smallest absolute Gasteiger partial charge is 0.312 e. The van der Waals surface area contributed by atoms with Crippen molar-refractivity contribution in [1.29, 1.82) is 0 Å². The Morgan fingerprint density at radius 3 is 2.55 bits per heavy atom. The minimum Gasteiger partial charge on any atom is -0.495 e. The number of non-ortho nitro benzene ring substituents is 1. The number of nitro groups is 1. The van der Waals surface area contributed by atoms with E-state index in [0.29, 0.717) is 31.1 Å². The molecular formula is C20H24N2O7. The molecule has 0 heterocycles. The number of carbonyl (C=O) groups excluding carboxylic acids is 2. The maximum Gasteiger partial charge on any atom is 0.312 e. The average molecular weight is 404 g/mol. The van der Waals surface area contributed by atoms with Gasteiger partial charge >= 0.3 is 5.97 Å². The van der Waals surface area contributed by atoms with Crippen molar-refractivity contribution in [1.82, 2.24) is 0 Å². The summed E-state index contributed by atoms with van der Waals surface area (Å²) in [5.74, 6) is -0.126. The molecule has 4 saturated carbocycles. The predicted octanol–water partition coefficient (Wildman–Crippen LogP) is 2.42. The summed E-state index contributed by atoms with van der Waals surface area (Å²) in [5, 5.41) is 24.2. The number of nitrogens with one attached hydrogen (secondary N) is 1. The Kier molecular flexibility index (Phi) is 4.72. The van der Waals surface area contributed by atoms with Crippen LogP contribution in [0.4, 0.5) is 11.4 Å². The van der Waals surface area contributed by atoms with Crippen LogP contribution in [0.25, 0.3) is 0 Å². The molecule has 29 heavy (non-hydrogen) atoms. The summed E-state index contributed by atoms with van der Waals surface area (Å²) in [7, 11) is 1.38. The van der Waals surface area contributed by atoms with Crippen LogP contribution in [0.2, 0.25) is 0 Å². The van der Waals surface area contributed by atoms with Gasteiger partial charge in [-0.3, -0.25) is 19.7 Å². The van der Waals surface area contributed by atoms with Crippen LogP contribution in [0.3, 0.4) is 0 Å². The van der Waals surface area contributed by atoms with Gasteiger partial charge in [-0.15, -0.1) is 0 Å². The molecule has 1 aromatic carbocycles. The summed E-state index contributed by atoms with van der Waals surface area (Å²) in [6.07, 6.45) is 4.32. The number of rotatable bonds is 6. The topological polar surface area (TPSA) is 128 Å². The highest BCUT2D eigenvalue weighted by atomic mass is 16.6. The first kappa shape index (κ1) is 19.6. The minimum atomic E-state index is -0.790. The standard InChI is InChI=1S/C20H24N2O7/c1-28-16-3-2-14(22(26)27)5-15(16)21-17(23)10-29-18(24)19-6-12-4-13(7-19)9-20(25,8-12)11-19/h2-3,5,12-13,25H,4,6-11H2,1H3,(H,21,23)/t12-,13+,19?,20?. The van der Waals surface area contributed by atoms with E-state index in [1.165, 1.54) is 25.3 Å². The number of methoxy groups -OCH3 is 1. The van der Waals surface area contributed by atoms with Crippen molar-refractivity contribution < 1.29 is 29.1 Å². The summed E-state index contributed by atoms with van der Waals surface area (Å²) in [5.41, 5.74) is -1.56. The Hall–Kier alpha value is -2.68. The third kappa shape index (κ3) is 3.66. The number of nitro benzene ring substituents is 1. The molecule has 1 amide bonds. The van der Waals surface area contributed by atoms with Gasteiger partial charge in [-0.25, -0.2) is 0 Å². The van der Waals surface area contributed by atoms with Crippen LogP contribution in [0, 0.1) is 27.4 Å². The van der Waals surface area contributed by atoms with Crippen molar-refractivity contribution >= 4 is 23.3 Å². The Morgan fingerprint density at radius 2 is 1.97 bits per heavy atom. The molecule has 4 aliphatic rings. The Bertz CT molecular complexity index is 854. The van der Waals surface area contributed by atoms with Crippen molar-refractivity contribution in [3.63, 3.8) is 0 Å². The SMILES string of the molecule is COc1ccc([N+](=O)[O-])cc1NC(=O)COC(=O)C12C[C@@H]3C[C@@H](CC(O)(C3)C1)C2. The number of benzene rings is 1. The van der Waals surface area contributed by atoms with Crippen LogP contribution in [-0.4, -0.2) is 41.2 Å². The lowest BCUT2D eigenvalue weighted by Crippen LogP contribution is -2.58. The normalized spacial score (nSPS) is 31.9.